The molecule has 0 saturated heterocycles. The zero-order valence-corrected chi connectivity index (χ0v) is 17.2. The minimum absolute atomic E-state index is 0.0995. The van der Waals surface area contributed by atoms with E-state index >= 15 is 0 Å². The Morgan fingerprint density at radius 2 is 2.19 bits per heavy atom. The van der Waals surface area contributed by atoms with Crippen LogP contribution in [-0.2, 0) is 44.1 Å². The molecule has 0 aromatic carbocycles. The summed E-state index contributed by atoms with van der Waals surface area (Å²) in [7, 11) is 1.97. The van der Waals surface area contributed by atoms with Gasteiger partial charge in [-0.25, -0.2) is 0 Å². The summed E-state index contributed by atoms with van der Waals surface area (Å²) in [4.78, 5) is 16.5. The van der Waals surface area contributed by atoms with Gasteiger partial charge in [-0.1, -0.05) is 13.8 Å². The number of fused-ring (bicyclic) bond motifs is 1. The third kappa shape index (κ3) is 4.01. The first kappa shape index (κ1) is 19.1. The van der Waals surface area contributed by atoms with Gasteiger partial charge in [0, 0.05) is 48.9 Å². The van der Waals surface area contributed by atoms with Crippen molar-refractivity contribution in [3.05, 3.63) is 38.8 Å². The van der Waals surface area contributed by atoms with Gasteiger partial charge in [-0.15, -0.1) is 11.3 Å². The van der Waals surface area contributed by atoms with Crippen LogP contribution in [-0.4, -0.2) is 39.7 Å². The highest BCUT2D eigenvalue weighted by Crippen LogP contribution is 2.25. The normalized spacial score (nSPS) is 15.7. The van der Waals surface area contributed by atoms with Gasteiger partial charge in [0.05, 0.1) is 12.1 Å². The molecule has 1 unspecified atom stereocenters. The molecule has 5 nitrogen and oxygen atoms in total. The fourth-order valence-corrected chi connectivity index (χ4v) is 4.74. The third-order valence-corrected chi connectivity index (χ3v) is 6.44. The first-order valence-electron chi connectivity index (χ1n) is 9.63. The molecule has 0 bridgehead atoms. The van der Waals surface area contributed by atoms with Gasteiger partial charge in [-0.05, 0) is 43.2 Å². The topological polar surface area (TPSA) is 50.2 Å². The molecule has 6 heteroatoms. The maximum absolute atomic E-state index is 12.5. The van der Waals surface area contributed by atoms with E-state index in [9.17, 15) is 4.79 Å². The van der Waals surface area contributed by atoms with Crippen LogP contribution >= 0.6 is 11.3 Å². The van der Waals surface area contributed by atoms with Crippen LogP contribution in [0.3, 0.4) is 0 Å². The second kappa shape index (κ2) is 8.35. The van der Waals surface area contributed by atoms with Crippen molar-refractivity contribution in [3.63, 3.8) is 0 Å². The number of nitrogens with one attached hydrogen (secondary N) is 1. The summed E-state index contributed by atoms with van der Waals surface area (Å²) >= 11 is 1.86. The average Bonchev–Trinajstić information content (AvgIpc) is 3.22. The number of carbonyl (C=O) groups is 1. The Kier molecular flexibility index (Phi) is 6.14. The molecule has 1 aliphatic rings. The summed E-state index contributed by atoms with van der Waals surface area (Å²) in [5.41, 5.74) is 4.79. The van der Waals surface area contributed by atoms with Crippen LogP contribution in [0.25, 0.3) is 0 Å². The van der Waals surface area contributed by atoms with Gasteiger partial charge in [-0.3, -0.25) is 14.4 Å². The van der Waals surface area contributed by atoms with Crippen LogP contribution in [0, 0.1) is 0 Å². The van der Waals surface area contributed by atoms with Crippen molar-refractivity contribution in [3.8, 4) is 0 Å². The van der Waals surface area contributed by atoms with Gasteiger partial charge < -0.3 is 5.32 Å². The molecule has 1 N–H and O–H groups in total. The summed E-state index contributed by atoms with van der Waals surface area (Å²) in [6.07, 6.45) is 3.32. The van der Waals surface area contributed by atoms with E-state index in [1.165, 1.54) is 16.1 Å². The molecular formula is C20H30N4OS. The summed E-state index contributed by atoms with van der Waals surface area (Å²) in [5, 5.41) is 9.90. The molecule has 142 valence electrons. The fourth-order valence-electron chi connectivity index (χ4n) is 3.85. The molecule has 0 fully saturated rings. The number of thiophene rings is 1. The van der Waals surface area contributed by atoms with E-state index in [0.29, 0.717) is 19.0 Å². The lowest BCUT2D eigenvalue weighted by Gasteiger charge is -2.32. The van der Waals surface area contributed by atoms with E-state index in [1.807, 2.05) is 23.1 Å². The monoisotopic (exact) mass is 374 g/mol. The highest BCUT2D eigenvalue weighted by Gasteiger charge is 2.22. The molecule has 2 aromatic heterocycles. The number of aromatic nitrogens is 2. The van der Waals surface area contributed by atoms with E-state index < -0.39 is 0 Å². The molecule has 1 atom stereocenters. The van der Waals surface area contributed by atoms with Gasteiger partial charge in [0.1, 0.15) is 0 Å². The van der Waals surface area contributed by atoms with Gasteiger partial charge in [0.25, 0.3) is 0 Å². The maximum Gasteiger partial charge on any atom is 0.224 e. The lowest BCUT2D eigenvalue weighted by molar-refractivity contribution is -0.120. The molecule has 3 heterocycles. The first-order chi connectivity index (χ1) is 12.5. The van der Waals surface area contributed by atoms with Crippen molar-refractivity contribution in [2.24, 2.45) is 7.05 Å². The number of amides is 1. The Bertz CT molecular complexity index is 764. The lowest BCUT2D eigenvalue weighted by atomic mass is 10.1. The number of nitrogens with zero attached hydrogens (tertiary/aromatic N) is 3. The SMILES string of the molecule is CCc1nn(C)c(CC)c1CC(=O)NCC(C)N1CCc2sccc2C1. The Labute approximate surface area is 160 Å². The summed E-state index contributed by atoms with van der Waals surface area (Å²) in [6, 6.07) is 2.58. The second-order valence-corrected chi connectivity index (χ2v) is 8.12. The average molecular weight is 375 g/mol. The zero-order chi connectivity index (χ0) is 18.7. The lowest BCUT2D eigenvalue weighted by Crippen LogP contribution is -2.44. The molecule has 1 amide bonds. The van der Waals surface area contributed by atoms with Gasteiger partial charge in [0.15, 0.2) is 0 Å². The quantitative estimate of drug-likeness (QED) is 0.811. The number of hydrogen-bond donors (Lipinski definition) is 1. The van der Waals surface area contributed by atoms with Gasteiger partial charge in [-0.2, -0.15) is 5.10 Å². The Morgan fingerprint density at radius 3 is 2.92 bits per heavy atom. The van der Waals surface area contributed by atoms with Crippen LogP contribution in [0.2, 0.25) is 0 Å². The Balaban J connectivity index is 1.55. The summed E-state index contributed by atoms with van der Waals surface area (Å²) in [5.74, 6) is 0.0995. The molecular weight excluding hydrogens is 344 g/mol. The third-order valence-electron chi connectivity index (χ3n) is 5.42. The smallest absolute Gasteiger partial charge is 0.224 e. The maximum atomic E-state index is 12.5. The van der Waals surface area contributed by atoms with Crippen molar-refractivity contribution in [2.75, 3.05) is 13.1 Å². The molecule has 0 radical (unpaired) electrons. The van der Waals surface area contributed by atoms with E-state index in [4.69, 9.17) is 0 Å². The van der Waals surface area contributed by atoms with Crippen molar-refractivity contribution < 1.29 is 4.79 Å². The van der Waals surface area contributed by atoms with Crippen LogP contribution < -0.4 is 5.32 Å². The second-order valence-electron chi connectivity index (χ2n) is 7.12. The summed E-state index contributed by atoms with van der Waals surface area (Å²) in [6.45, 7) is 9.19. The predicted molar refractivity (Wildman–Crippen MR) is 107 cm³/mol. The van der Waals surface area contributed by atoms with Crippen molar-refractivity contribution in [2.45, 2.75) is 59.0 Å². The number of aryl methyl sites for hydroxylation is 2. The van der Waals surface area contributed by atoms with Crippen LogP contribution in [0.1, 0.15) is 48.2 Å². The minimum Gasteiger partial charge on any atom is -0.354 e. The first-order valence-corrected chi connectivity index (χ1v) is 10.5. The largest absolute Gasteiger partial charge is 0.354 e. The van der Waals surface area contributed by atoms with E-state index in [0.717, 1.165) is 43.6 Å². The number of hydrogen-bond acceptors (Lipinski definition) is 4. The van der Waals surface area contributed by atoms with E-state index in [1.54, 1.807) is 0 Å². The standard InChI is InChI=1S/C20H30N4OS/c1-5-17-16(18(6-2)23(4)22-17)11-20(25)21-12-14(3)24-9-7-19-15(13-24)8-10-26-19/h8,10,14H,5-7,9,11-13H2,1-4H3,(H,21,25). The van der Waals surface area contributed by atoms with Gasteiger partial charge in [0.2, 0.25) is 5.91 Å². The molecule has 0 aliphatic carbocycles. The predicted octanol–water partition coefficient (Wildman–Crippen LogP) is 2.71. The van der Waals surface area contributed by atoms with Crippen molar-refractivity contribution in [1.82, 2.24) is 20.0 Å². The molecule has 0 saturated carbocycles. The van der Waals surface area contributed by atoms with Gasteiger partial charge >= 0.3 is 0 Å². The van der Waals surface area contributed by atoms with E-state index in [-0.39, 0.29) is 5.91 Å². The molecule has 0 spiro atoms. The molecule has 26 heavy (non-hydrogen) atoms. The van der Waals surface area contributed by atoms with Crippen molar-refractivity contribution >= 4 is 17.2 Å². The highest BCUT2D eigenvalue weighted by atomic mass is 32.1. The number of rotatable bonds is 7. The highest BCUT2D eigenvalue weighted by molar-refractivity contribution is 7.10. The fraction of sp³-hybridized carbons (Fsp3) is 0.600. The van der Waals surface area contributed by atoms with E-state index in [2.05, 4.69) is 47.5 Å². The van der Waals surface area contributed by atoms with Crippen LogP contribution in [0.5, 0.6) is 0 Å². The molecule has 1 aliphatic heterocycles. The van der Waals surface area contributed by atoms with Crippen molar-refractivity contribution in [1.29, 1.82) is 0 Å². The minimum atomic E-state index is 0.0995. The molecule has 3 rings (SSSR count). The Hall–Kier alpha value is -1.66. The molecule has 2 aromatic rings. The zero-order valence-electron chi connectivity index (χ0n) is 16.3. The Morgan fingerprint density at radius 1 is 1.38 bits per heavy atom. The van der Waals surface area contributed by atoms with Crippen LogP contribution in [0.15, 0.2) is 11.4 Å². The summed E-state index contributed by atoms with van der Waals surface area (Å²) < 4.78 is 1.93. The van der Waals surface area contributed by atoms with Crippen LogP contribution in [0.4, 0.5) is 0 Å². The number of carbonyl (C=O) groups excluding carboxylic acids is 1.